The Morgan fingerprint density at radius 1 is 1.22 bits per heavy atom. The van der Waals surface area contributed by atoms with E-state index in [2.05, 4.69) is 16.8 Å². The summed E-state index contributed by atoms with van der Waals surface area (Å²) in [7, 11) is 3.75. The lowest BCUT2D eigenvalue weighted by atomic mass is 10.0. The Kier molecular flexibility index (Phi) is 8.11. The molecule has 2 aliphatic rings. The van der Waals surface area contributed by atoms with Gasteiger partial charge in [0.05, 0.1) is 4.91 Å². The monoisotopic (exact) mass is 475 g/mol. The molecule has 3 rings (SSSR count). The number of hydrogen-bond acceptors (Lipinski definition) is 8. The topological polar surface area (TPSA) is 81.8 Å². The molecule has 0 spiro atoms. The number of thioether (sulfide) groups is 1. The molecular formula is C22H29N5O3S2. The molecule has 0 bridgehead atoms. The number of likely N-dealkylation sites (N-methyl/N-ethyl adjacent to an activating group) is 1. The van der Waals surface area contributed by atoms with Crippen LogP contribution in [0.15, 0.2) is 9.70 Å². The quantitative estimate of drug-likeness (QED) is 0.336. The van der Waals surface area contributed by atoms with Crippen LogP contribution < -0.4 is 10.5 Å². The third kappa shape index (κ3) is 4.91. The maximum Gasteiger partial charge on any atom is 0.270 e. The summed E-state index contributed by atoms with van der Waals surface area (Å²) < 4.78 is 7.42. The lowest BCUT2D eigenvalue weighted by Gasteiger charge is -2.36. The minimum atomic E-state index is -0.320. The lowest BCUT2D eigenvalue weighted by Crippen LogP contribution is -2.46. The summed E-state index contributed by atoms with van der Waals surface area (Å²) in [6, 6.07) is 2.04. The van der Waals surface area contributed by atoms with E-state index in [0.29, 0.717) is 41.0 Å². The highest BCUT2D eigenvalue weighted by molar-refractivity contribution is 8.26. The van der Waals surface area contributed by atoms with Gasteiger partial charge >= 0.3 is 0 Å². The normalized spacial score (nSPS) is 18.7. The van der Waals surface area contributed by atoms with Gasteiger partial charge in [0.2, 0.25) is 0 Å². The van der Waals surface area contributed by atoms with Crippen LogP contribution >= 0.6 is 24.0 Å². The fourth-order valence-corrected chi connectivity index (χ4v) is 5.20. The van der Waals surface area contributed by atoms with E-state index in [-0.39, 0.29) is 17.0 Å². The van der Waals surface area contributed by atoms with Crippen molar-refractivity contribution in [2.75, 3.05) is 57.9 Å². The van der Waals surface area contributed by atoms with E-state index < -0.39 is 0 Å². The molecule has 10 heteroatoms. The van der Waals surface area contributed by atoms with Gasteiger partial charge in [0, 0.05) is 58.5 Å². The van der Waals surface area contributed by atoms with E-state index in [0.717, 1.165) is 37.6 Å². The summed E-state index contributed by atoms with van der Waals surface area (Å²) in [6.07, 6.45) is 2.50. The second kappa shape index (κ2) is 10.6. The number of pyridine rings is 1. The number of thiocarbonyl (C=S) groups is 1. The predicted octanol–water partition coefficient (Wildman–Crippen LogP) is 1.95. The van der Waals surface area contributed by atoms with E-state index >= 15 is 0 Å². The van der Waals surface area contributed by atoms with E-state index in [4.69, 9.17) is 17.0 Å². The molecule has 0 aromatic carbocycles. The van der Waals surface area contributed by atoms with Crippen LogP contribution in [0.25, 0.3) is 6.08 Å². The van der Waals surface area contributed by atoms with Crippen molar-refractivity contribution in [3.05, 3.63) is 31.9 Å². The Bertz CT molecular complexity index is 1040. The summed E-state index contributed by atoms with van der Waals surface area (Å²) in [5, 5.41) is 9.60. The van der Waals surface area contributed by atoms with Crippen molar-refractivity contribution >= 4 is 46.1 Å². The summed E-state index contributed by atoms with van der Waals surface area (Å²) in [6.45, 7) is 8.68. The molecule has 1 aromatic heterocycles. The molecule has 3 heterocycles. The molecule has 1 amide bonds. The van der Waals surface area contributed by atoms with Crippen molar-refractivity contribution < 1.29 is 9.53 Å². The lowest BCUT2D eigenvalue weighted by molar-refractivity contribution is -0.122. The SMILES string of the molecule is CCOCCCN1C(=O)C(=Cc2c(C)c(C#N)c(=O)n(C)c2N2CCN(C)CC2)SC1=S. The summed E-state index contributed by atoms with van der Waals surface area (Å²) in [4.78, 5) is 32.4. The average Bonchev–Trinajstić information content (AvgIpc) is 3.03. The van der Waals surface area contributed by atoms with Crippen molar-refractivity contribution in [1.29, 1.82) is 5.26 Å². The number of carbonyl (C=O) groups excluding carboxylic acids is 1. The summed E-state index contributed by atoms with van der Waals surface area (Å²) in [5.74, 6) is 0.591. The number of piperazine rings is 1. The first kappa shape index (κ1) is 24.5. The van der Waals surface area contributed by atoms with Gasteiger partial charge in [0.15, 0.2) is 0 Å². The molecule has 0 atom stereocenters. The molecular weight excluding hydrogens is 446 g/mol. The Labute approximate surface area is 198 Å². The van der Waals surface area contributed by atoms with Crippen molar-refractivity contribution in [1.82, 2.24) is 14.4 Å². The third-order valence-electron chi connectivity index (χ3n) is 5.79. The number of amides is 1. The number of nitriles is 1. The fraction of sp³-hybridized carbons (Fsp3) is 0.545. The van der Waals surface area contributed by atoms with E-state index in [9.17, 15) is 14.9 Å². The maximum atomic E-state index is 13.1. The molecule has 0 unspecified atom stereocenters. The van der Waals surface area contributed by atoms with E-state index in [1.807, 2.05) is 13.0 Å². The Balaban J connectivity index is 2.01. The fourth-order valence-electron chi connectivity index (χ4n) is 3.91. The van der Waals surface area contributed by atoms with Gasteiger partial charge in [-0.25, -0.2) is 0 Å². The van der Waals surface area contributed by atoms with Gasteiger partial charge < -0.3 is 14.5 Å². The van der Waals surface area contributed by atoms with Crippen molar-refractivity contribution in [2.45, 2.75) is 20.3 Å². The number of ether oxygens (including phenoxy) is 1. The Hall–Kier alpha value is -2.19. The molecule has 32 heavy (non-hydrogen) atoms. The van der Waals surface area contributed by atoms with Gasteiger partial charge in [0.25, 0.3) is 11.5 Å². The predicted molar refractivity (Wildman–Crippen MR) is 132 cm³/mol. The first-order chi connectivity index (χ1) is 15.3. The van der Waals surface area contributed by atoms with Crippen LogP contribution in [0.3, 0.4) is 0 Å². The first-order valence-electron chi connectivity index (χ1n) is 10.7. The van der Waals surface area contributed by atoms with Crippen LogP contribution in [0.1, 0.15) is 30.0 Å². The first-order valence-corrected chi connectivity index (χ1v) is 11.9. The zero-order valence-corrected chi connectivity index (χ0v) is 20.6. The van der Waals surface area contributed by atoms with Gasteiger partial charge in [-0.1, -0.05) is 24.0 Å². The molecule has 2 aliphatic heterocycles. The van der Waals surface area contributed by atoms with Gasteiger partial charge in [-0.2, -0.15) is 5.26 Å². The molecule has 0 aliphatic carbocycles. The second-order valence-corrected chi connectivity index (χ2v) is 9.56. The zero-order valence-electron chi connectivity index (χ0n) is 19.0. The van der Waals surface area contributed by atoms with Gasteiger partial charge in [-0.3, -0.25) is 19.1 Å². The molecule has 0 N–H and O–H groups in total. The van der Waals surface area contributed by atoms with Crippen molar-refractivity contribution in [2.24, 2.45) is 7.05 Å². The van der Waals surface area contributed by atoms with Crippen LogP contribution in [-0.4, -0.2) is 77.6 Å². The molecule has 2 saturated heterocycles. The van der Waals surface area contributed by atoms with Gasteiger partial charge in [0.1, 0.15) is 21.8 Å². The van der Waals surface area contributed by atoms with Crippen molar-refractivity contribution in [3.63, 3.8) is 0 Å². The van der Waals surface area contributed by atoms with Crippen molar-refractivity contribution in [3.8, 4) is 6.07 Å². The molecule has 172 valence electrons. The highest BCUT2D eigenvalue weighted by Gasteiger charge is 2.33. The molecule has 0 radical (unpaired) electrons. The van der Waals surface area contributed by atoms with Crippen LogP contribution in [0, 0.1) is 18.3 Å². The molecule has 8 nitrogen and oxygen atoms in total. The Morgan fingerprint density at radius 2 is 1.91 bits per heavy atom. The van der Waals surface area contributed by atoms with Gasteiger partial charge in [-0.15, -0.1) is 0 Å². The minimum absolute atomic E-state index is 0.101. The average molecular weight is 476 g/mol. The summed E-state index contributed by atoms with van der Waals surface area (Å²) >= 11 is 6.71. The number of nitrogens with zero attached hydrogens (tertiary/aromatic N) is 5. The van der Waals surface area contributed by atoms with Crippen LogP contribution in [-0.2, 0) is 16.6 Å². The standard InChI is InChI=1S/C22H29N5O3S2/c1-5-30-12-6-7-27-21(29)18(32-22(27)31)13-16-15(2)17(14-23)20(28)25(4)19(16)26-10-8-24(3)9-11-26/h13H,5-12H2,1-4H3. The molecule has 1 aromatic rings. The zero-order chi connectivity index (χ0) is 23.4. The third-order valence-corrected chi connectivity index (χ3v) is 7.17. The van der Waals surface area contributed by atoms with E-state index in [1.165, 1.54) is 16.3 Å². The largest absolute Gasteiger partial charge is 0.382 e. The van der Waals surface area contributed by atoms with Crippen LogP contribution in [0.4, 0.5) is 5.82 Å². The highest BCUT2D eigenvalue weighted by Crippen LogP contribution is 2.35. The highest BCUT2D eigenvalue weighted by atomic mass is 32.2. The number of hydrogen-bond donors (Lipinski definition) is 0. The number of carbonyl (C=O) groups is 1. The van der Waals surface area contributed by atoms with Gasteiger partial charge in [-0.05, 0) is 39.0 Å². The van der Waals surface area contributed by atoms with E-state index in [1.54, 1.807) is 24.9 Å². The minimum Gasteiger partial charge on any atom is -0.382 e. The summed E-state index contributed by atoms with van der Waals surface area (Å²) in [5.41, 5.74) is 1.09. The number of rotatable bonds is 7. The van der Waals surface area contributed by atoms with Crippen LogP contribution in [0.2, 0.25) is 0 Å². The van der Waals surface area contributed by atoms with Crippen LogP contribution in [0.5, 0.6) is 0 Å². The second-order valence-electron chi connectivity index (χ2n) is 7.89. The molecule has 0 saturated carbocycles. The number of anilines is 1. The number of aromatic nitrogens is 1. The smallest absolute Gasteiger partial charge is 0.270 e. The molecule has 2 fully saturated rings. The Morgan fingerprint density at radius 3 is 2.53 bits per heavy atom. The maximum absolute atomic E-state index is 13.1.